The molecular formula is C9H7BrF3N3O2. The summed E-state index contributed by atoms with van der Waals surface area (Å²) >= 11 is 3.04. The molecule has 9 heteroatoms. The van der Waals surface area contributed by atoms with Crippen molar-refractivity contribution in [1.82, 2.24) is 5.43 Å². The highest BCUT2D eigenvalue weighted by Gasteiger charge is 2.31. The fourth-order valence-corrected chi connectivity index (χ4v) is 1.44. The molecule has 0 spiro atoms. The molecule has 0 saturated carbocycles. The Kier molecular flexibility index (Phi) is 4.54. The number of hydrogen-bond donors (Lipinski definition) is 2. The van der Waals surface area contributed by atoms with E-state index in [1.807, 2.05) is 5.43 Å². The number of rotatable bonds is 3. The lowest BCUT2D eigenvalue weighted by Gasteiger charge is -2.09. The molecule has 98 valence electrons. The molecule has 0 fully saturated rings. The summed E-state index contributed by atoms with van der Waals surface area (Å²) in [5.41, 5.74) is 7.16. The van der Waals surface area contributed by atoms with E-state index in [4.69, 9.17) is 5.73 Å². The van der Waals surface area contributed by atoms with E-state index in [-0.39, 0.29) is 5.75 Å². The van der Waals surface area contributed by atoms with E-state index in [1.54, 1.807) is 0 Å². The van der Waals surface area contributed by atoms with Crippen LogP contribution in [0.4, 0.5) is 18.0 Å². The van der Waals surface area contributed by atoms with Crippen molar-refractivity contribution in [2.24, 2.45) is 10.8 Å². The topological polar surface area (TPSA) is 76.7 Å². The molecule has 2 amide bonds. The van der Waals surface area contributed by atoms with Gasteiger partial charge in [-0.15, -0.1) is 13.2 Å². The largest absolute Gasteiger partial charge is 0.573 e. The van der Waals surface area contributed by atoms with Gasteiger partial charge >= 0.3 is 12.4 Å². The van der Waals surface area contributed by atoms with E-state index in [9.17, 15) is 18.0 Å². The number of nitrogens with two attached hydrogens (primary N) is 1. The molecule has 0 bridgehead atoms. The smallest absolute Gasteiger partial charge is 0.406 e. The number of nitrogens with zero attached hydrogens (tertiary/aromatic N) is 1. The number of ether oxygens (including phenoxy) is 1. The molecule has 5 nitrogen and oxygen atoms in total. The number of halogens is 4. The van der Waals surface area contributed by atoms with Crippen LogP contribution in [-0.4, -0.2) is 18.6 Å². The van der Waals surface area contributed by atoms with E-state index in [1.165, 1.54) is 12.3 Å². The van der Waals surface area contributed by atoms with Crippen LogP contribution in [0.3, 0.4) is 0 Å². The zero-order valence-electron chi connectivity index (χ0n) is 8.66. The molecule has 0 aromatic heterocycles. The number of hydrazone groups is 1. The van der Waals surface area contributed by atoms with Gasteiger partial charge in [-0.3, -0.25) is 0 Å². The minimum absolute atomic E-state index is 0.319. The van der Waals surface area contributed by atoms with Gasteiger partial charge in [-0.25, -0.2) is 10.2 Å². The molecule has 0 radical (unpaired) electrons. The summed E-state index contributed by atoms with van der Waals surface area (Å²) in [7, 11) is 0. The lowest BCUT2D eigenvalue weighted by Crippen LogP contribution is -2.24. The van der Waals surface area contributed by atoms with Gasteiger partial charge in [-0.05, 0) is 34.1 Å². The number of primary amides is 1. The Morgan fingerprint density at radius 1 is 1.50 bits per heavy atom. The Bertz CT molecular complexity index is 477. The van der Waals surface area contributed by atoms with E-state index < -0.39 is 12.4 Å². The summed E-state index contributed by atoms with van der Waals surface area (Å²) in [5.74, 6) is -0.366. The van der Waals surface area contributed by atoms with Crippen molar-refractivity contribution in [3.8, 4) is 5.75 Å². The number of hydrogen-bond acceptors (Lipinski definition) is 3. The minimum Gasteiger partial charge on any atom is -0.406 e. The second-order valence-electron chi connectivity index (χ2n) is 2.97. The first-order valence-corrected chi connectivity index (χ1v) is 5.21. The third kappa shape index (κ3) is 5.04. The number of amides is 2. The highest BCUT2D eigenvalue weighted by Crippen LogP contribution is 2.27. The summed E-state index contributed by atoms with van der Waals surface area (Å²) in [6.45, 7) is 0. The third-order valence-electron chi connectivity index (χ3n) is 1.58. The number of carbonyl (C=O) groups is 1. The van der Waals surface area contributed by atoms with E-state index in [0.717, 1.165) is 12.1 Å². The van der Waals surface area contributed by atoms with Crippen molar-refractivity contribution < 1.29 is 22.7 Å². The number of carbonyl (C=O) groups excluding carboxylic acids is 1. The van der Waals surface area contributed by atoms with Crippen molar-refractivity contribution in [2.45, 2.75) is 6.36 Å². The van der Waals surface area contributed by atoms with E-state index in [0.29, 0.717) is 10.0 Å². The van der Waals surface area contributed by atoms with Crippen molar-refractivity contribution in [1.29, 1.82) is 0 Å². The second-order valence-corrected chi connectivity index (χ2v) is 3.82. The second kappa shape index (κ2) is 5.71. The predicted octanol–water partition coefficient (Wildman–Crippen LogP) is 2.35. The van der Waals surface area contributed by atoms with Crippen LogP contribution in [0.5, 0.6) is 5.75 Å². The molecule has 1 rings (SSSR count). The third-order valence-corrected chi connectivity index (χ3v) is 2.27. The number of urea groups is 1. The van der Waals surface area contributed by atoms with Gasteiger partial charge in [0.2, 0.25) is 0 Å². The molecule has 1 aromatic carbocycles. The van der Waals surface area contributed by atoms with E-state index in [2.05, 4.69) is 25.8 Å². The molecule has 1 aromatic rings. The Morgan fingerprint density at radius 3 is 2.67 bits per heavy atom. The quantitative estimate of drug-likeness (QED) is 0.661. The van der Waals surface area contributed by atoms with Gasteiger partial charge in [0.1, 0.15) is 5.75 Å². The number of nitrogens with one attached hydrogen (secondary N) is 1. The lowest BCUT2D eigenvalue weighted by molar-refractivity contribution is -0.274. The van der Waals surface area contributed by atoms with Gasteiger partial charge in [-0.2, -0.15) is 5.10 Å². The predicted molar refractivity (Wildman–Crippen MR) is 61.1 cm³/mol. The first kappa shape index (κ1) is 14.3. The maximum absolute atomic E-state index is 11.9. The van der Waals surface area contributed by atoms with Crippen molar-refractivity contribution in [2.75, 3.05) is 0 Å². The molecule has 0 heterocycles. The van der Waals surface area contributed by atoms with Crippen LogP contribution >= 0.6 is 15.9 Å². The average Bonchev–Trinajstić information content (AvgIpc) is 2.18. The maximum atomic E-state index is 11.9. The summed E-state index contributed by atoms with van der Waals surface area (Å²) in [5, 5.41) is 3.46. The first-order chi connectivity index (χ1) is 8.28. The molecule has 18 heavy (non-hydrogen) atoms. The summed E-state index contributed by atoms with van der Waals surface area (Å²) < 4.78 is 39.9. The normalized spacial score (nSPS) is 11.6. The first-order valence-electron chi connectivity index (χ1n) is 4.42. The molecule has 0 aliphatic carbocycles. The Labute approximate surface area is 108 Å². The fourth-order valence-electron chi connectivity index (χ4n) is 0.975. The molecular weight excluding hydrogens is 319 g/mol. The molecule has 0 saturated heterocycles. The van der Waals surface area contributed by atoms with Crippen LogP contribution in [0, 0.1) is 0 Å². The highest BCUT2D eigenvalue weighted by atomic mass is 79.9. The van der Waals surface area contributed by atoms with Gasteiger partial charge in [0.15, 0.2) is 0 Å². The van der Waals surface area contributed by atoms with Crippen molar-refractivity contribution in [3.63, 3.8) is 0 Å². The van der Waals surface area contributed by atoms with Crippen LogP contribution in [0.1, 0.15) is 5.56 Å². The molecule has 0 atom stereocenters. The zero-order chi connectivity index (χ0) is 13.8. The molecule has 0 unspecified atom stereocenters. The van der Waals surface area contributed by atoms with Crippen LogP contribution in [0.15, 0.2) is 27.8 Å². The molecule has 0 aliphatic rings. The fraction of sp³-hybridized carbons (Fsp3) is 0.111. The van der Waals surface area contributed by atoms with Crippen molar-refractivity contribution in [3.05, 3.63) is 28.2 Å². The van der Waals surface area contributed by atoms with E-state index >= 15 is 0 Å². The summed E-state index contributed by atoms with van der Waals surface area (Å²) in [4.78, 5) is 10.3. The van der Waals surface area contributed by atoms with Gasteiger partial charge in [-0.1, -0.05) is 0 Å². The van der Waals surface area contributed by atoms with Crippen LogP contribution in [0.2, 0.25) is 0 Å². The minimum atomic E-state index is -4.75. The maximum Gasteiger partial charge on any atom is 0.573 e. The monoisotopic (exact) mass is 325 g/mol. The average molecular weight is 326 g/mol. The highest BCUT2D eigenvalue weighted by molar-refractivity contribution is 9.10. The summed E-state index contributed by atoms with van der Waals surface area (Å²) in [6.07, 6.45) is -3.53. The number of benzene rings is 1. The van der Waals surface area contributed by atoms with Crippen LogP contribution in [-0.2, 0) is 0 Å². The zero-order valence-corrected chi connectivity index (χ0v) is 10.2. The Hall–Kier alpha value is -1.77. The molecule has 0 aliphatic heterocycles. The Balaban J connectivity index is 2.80. The SMILES string of the molecule is NC(=O)NN=Cc1ccc(OC(F)(F)F)cc1Br. The number of alkyl halides is 3. The van der Waals surface area contributed by atoms with Crippen LogP contribution in [0.25, 0.3) is 0 Å². The standard InChI is InChI=1S/C9H7BrF3N3O2/c10-7-3-6(18-9(11,12)13)2-1-5(7)4-15-16-8(14)17/h1-4H,(H3,14,16,17). The summed E-state index contributed by atoms with van der Waals surface area (Å²) in [6, 6.07) is 2.72. The van der Waals surface area contributed by atoms with Gasteiger partial charge in [0.05, 0.1) is 6.21 Å². The van der Waals surface area contributed by atoms with Gasteiger partial charge in [0, 0.05) is 10.0 Å². The van der Waals surface area contributed by atoms with Crippen LogP contribution < -0.4 is 15.9 Å². The lowest BCUT2D eigenvalue weighted by atomic mass is 10.2. The molecule has 3 N–H and O–H groups in total. The van der Waals surface area contributed by atoms with Gasteiger partial charge < -0.3 is 10.5 Å². The van der Waals surface area contributed by atoms with Crippen molar-refractivity contribution >= 4 is 28.2 Å². The Morgan fingerprint density at radius 2 is 2.17 bits per heavy atom. The van der Waals surface area contributed by atoms with Gasteiger partial charge in [0.25, 0.3) is 0 Å².